The van der Waals surface area contributed by atoms with Crippen molar-refractivity contribution in [3.05, 3.63) is 76.2 Å². The molecule has 0 unspecified atom stereocenters. The van der Waals surface area contributed by atoms with E-state index in [1.165, 1.54) is 10.8 Å². The number of esters is 2. The summed E-state index contributed by atoms with van der Waals surface area (Å²) in [6, 6.07) is 14.2. The Bertz CT molecular complexity index is 1100. The predicted molar refractivity (Wildman–Crippen MR) is 106 cm³/mol. The van der Waals surface area contributed by atoms with Crippen molar-refractivity contribution in [3.63, 3.8) is 0 Å². The zero-order valence-electron chi connectivity index (χ0n) is 16.0. The maximum atomic E-state index is 12.9. The van der Waals surface area contributed by atoms with Gasteiger partial charge in [-0.2, -0.15) is 0 Å². The summed E-state index contributed by atoms with van der Waals surface area (Å²) in [5.74, 6) is -1.32. The van der Waals surface area contributed by atoms with Crippen LogP contribution in [-0.2, 0) is 14.3 Å². The van der Waals surface area contributed by atoms with Crippen molar-refractivity contribution >= 4 is 22.7 Å². The standard InChI is InChI=1S/C22H21NO5/c1-14(2)28-20(24)13-27-22(26)19-12-23(16-8-6-7-15(3)11-16)21(25)18-10-5-4-9-17(18)19/h4-12,14H,13H2,1-3H3. The average Bonchev–Trinajstić information content (AvgIpc) is 2.66. The fraction of sp³-hybridized carbons (Fsp3) is 0.227. The summed E-state index contributed by atoms with van der Waals surface area (Å²) in [5.41, 5.74) is 1.59. The number of rotatable bonds is 5. The quantitative estimate of drug-likeness (QED) is 0.635. The second-order valence-electron chi connectivity index (χ2n) is 6.72. The molecule has 0 bridgehead atoms. The van der Waals surface area contributed by atoms with Gasteiger partial charge in [-0.05, 0) is 44.5 Å². The molecule has 0 aliphatic carbocycles. The summed E-state index contributed by atoms with van der Waals surface area (Å²) < 4.78 is 11.5. The average molecular weight is 379 g/mol. The third kappa shape index (κ3) is 4.11. The van der Waals surface area contributed by atoms with Gasteiger partial charge in [-0.25, -0.2) is 9.59 Å². The van der Waals surface area contributed by atoms with E-state index in [-0.39, 0.29) is 17.2 Å². The third-order valence-corrected chi connectivity index (χ3v) is 4.11. The first-order chi connectivity index (χ1) is 13.4. The van der Waals surface area contributed by atoms with E-state index >= 15 is 0 Å². The molecule has 28 heavy (non-hydrogen) atoms. The second-order valence-corrected chi connectivity index (χ2v) is 6.72. The summed E-state index contributed by atoms with van der Waals surface area (Å²) in [7, 11) is 0. The topological polar surface area (TPSA) is 74.6 Å². The fourth-order valence-corrected chi connectivity index (χ4v) is 2.92. The van der Waals surface area contributed by atoms with Crippen molar-refractivity contribution in [2.45, 2.75) is 26.9 Å². The molecule has 0 amide bonds. The number of aromatic nitrogens is 1. The normalized spacial score (nSPS) is 10.9. The lowest BCUT2D eigenvalue weighted by Gasteiger charge is -2.13. The first-order valence-electron chi connectivity index (χ1n) is 8.95. The van der Waals surface area contributed by atoms with Crippen LogP contribution in [0.15, 0.2) is 59.5 Å². The van der Waals surface area contributed by atoms with Gasteiger partial charge in [0.05, 0.1) is 11.7 Å². The van der Waals surface area contributed by atoms with E-state index in [2.05, 4.69) is 0 Å². The summed E-state index contributed by atoms with van der Waals surface area (Å²) in [6.07, 6.45) is 1.16. The highest BCUT2D eigenvalue weighted by molar-refractivity contribution is 6.04. The number of ether oxygens (including phenoxy) is 2. The summed E-state index contributed by atoms with van der Waals surface area (Å²) in [4.78, 5) is 37.3. The number of aryl methyl sites for hydroxylation is 1. The summed E-state index contributed by atoms with van der Waals surface area (Å²) in [5, 5.41) is 0.863. The van der Waals surface area contributed by atoms with E-state index in [1.54, 1.807) is 44.2 Å². The van der Waals surface area contributed by atoms with E-state index in [0.29, 0.717) is 16.5 Å². The summed E-state index contributed by atoms with van der Waals surface area (Å²) >= 11 is 0. The minimum atomic E-state index is -0.696. The van der Waals surface area contributed by atoms with Crippen molar-refractivity contribution in [2.24, 2.45) is 0 Å². The molecule has 6 heteroatoms. The van der Waals surface area contributed by atoms with Gasteiger partial charge in [0.25, 0.3) is 5.56 Å². The van der Waals surface area contributed by atoms with Crippen LogP contribution in [0.5, 0.6) is 0 Å². The van der Waals surface area contributed by atoms with Crippen LogP contribution in [0.1, 0.15) is 29.8 Å². The van der Waals surface area contributed by atoms with Crippen molar-refractivity contribution in [1.82, 2.24) is 4.57 Å². The monoisotopic (exact) mass is 379 g/mol. The molecule has 144 valence electrons. The van der Waals surface area contributed by atoms with Crippen molar-refractivity contribution in [1.29, 1.82) is 0 Å². The molecular formula is C22H21NO5. The molecule has 1 heterocycles. The molecule has 3 aromatic rings. The number of hydrogen-bond donors (Lipinski definition) is 0. The smallest absolute Gasteiger partial charge is 0.344 e. The Kier molecular flexibility index (Phi) is 5.59. The number of fused-ring (bicyclic) bond motifs is 1. The predicted octanol–water partition coefficient (Wildman–Crippen LogP) is 3.41. The number of carbonyl (C=O) groups is 2. The van der Waals surface area contributed by atoms with Crippen LogP contribution in [0.3, 0.4) is 0 Å². The van der Waals surface area contributed by atoms with Gasteiger partial charge in [0.1, 0.15) is 0 Å². The highest BCUT2D eigenvalue weighted by Crippen LogP contribution is 2.19. The van der Waals surface area contributed by atoms with Gasteiger partial charge in [0, 0.05) is 22.7 Å². The molecule has 0 atom stereocenters. The lowest BCUT2D eigenvalue weighted by Crippen LogP contribution is -2.23. The number of benzene rings is 2. The molecular weight excluding hydrogens is 358 g/mol. The highest BCUT2D eigenvalue weighted by atomic mass is 16.6. The van der Waals surface area contributed by atoms with Gasteiger partial charge in [-0.1, -0.05) is 30.3 Å². The second kappa shape index (κ2) is 8.08. The van der Waals surface area contributed by atoms with Crippen molar-refractivity contribution < 1.29 is 19.1 Å². The zero-order valence-corrected chi connectivity index (χ0v) is 16.0. The van der Waals surface area contributed by atoms with Crippen LogP contribution in [0.25, 0.3) is 16.5 Å². The molecule has 0 fully saturated rings. The molecule has 1 aromatic heterocycles. The number of pyridine rings is 1. The first kappa shape index (κ1) is 19.4. The van der Waals surface area contributed by atoms with Crippen LogP contribution in [-0.4, -0.2) is 29.2 Å². The highest BCUT2D eigenvalue weighted by Gasteiger charge is 2.18. The lowest BCUT2D eigenvalue weighted by atomic mass is 10.1. The maximum Gasteiger partial charge on any atom is 0.344 e. The summed E-state index contributed by atoms with van der Waals surface area (Å²) in [6.45, 7) is 4.86. The molecule has 0 aliphatic rings. The van der Waals surface area contributed by atoms with Crippen LogP contribution >= 0.6 is 0 Å². The molecule has 6 nitrogen and oxygen atoms in total. The van der Waals surface area contributed by atoms with Crippen LogP contribution in [0.2, 0.25) is 0 Å². The van der Waals surface area contributed by atoms with Crippen LogP contribution in [0.4, 0.5) is 0 Å². The molecule has 0 spiro atoms. The van der Waals surface area contributed by atoms with Gasteiger partial charge in [0.2, 0.25) is 0 Å². The minimum absolute atomic E-state index is 0.203. The van der Waals surface area contributed by atoms with Crippen LogP contribution < -0.4 is 5.56 Å². The van der Waals surface area contributed by atoms with E-state index in [9.17, 15) is 14.4 Å². The Morgan fingerprint density at radius 2 is 1.75 bits per heavy atom. The molecule has 3 rings (SSSR count). The maximum absolute atomic E-state index is 12.9. The molecule has 0 saturated heterocycles. The van der Waals surface area contributed by atoms with E-state index in [4.69, 9.17) is 9.47 Å². The molecule has 2 aromatic carbocycles. The third-order valence-electron chi connectivity index (χ3n) is 4.11. The van der Waals surface area contributed by atoms with Crippen molar-refractivity contribution in [2.75, 3.05) is 6.61 Å². The van der Waals surface area contributed by atoms with Gasteiger partial charge in [0.15, 0.2) is 6.61 Å². The van der Waals surface area contributed by atoms with Crippen LogP contribution in [0, 0.1) is 6.92 Å². The number of hydrogen-bond acceptors (Lipinski definition) is 5. The fourth-order valence-electron chi connectivity index (χ4n) is 2.92. The van der Waals surface area contributed by atoms with E-state index in [0.717, 1.165) is 5.56 Å². The van der Waals surface area contributed by atoms with E-state index in [1.807, 2.05) is 25.1 Å². The Balaban J connectivity index is 2.04. The Hall–Kier alpha value is -3.41. The SMILES string of the molecule is Cc1cccc(-n2cc(C(=O)OCC(=O)OC(C)C)c3ccccc3c2=O)c1. The Labute approximate surface area is 162 Å². The molecule has 0 radical (unpaired) electrons. The molecule has 0 N–H and O–H groups in total. The van der Waals surface area contributed by atoms with E-state index < -0.39 is 18.5 Å². The first-order valence-corrected chi connectivity index (χ1v) is 8.95. The van der Waals surface area contributed by atoms with Gasteiger partial charge < -0.3 is 9.47 Å². The Morgan fingerprint density at radius 1 is 1.04 bits per heavy atom. The van der Waals surface area contributed by atoms with Gasteiger partial charge in [-0.3, -0.25) is 9.36 Å². The lowest BCUT2D eigenvalue weighted by molar-refractivity contribution is -0.150. The van der Waals surface area contributed by atoms with Gasteiger partial charge >= 0.3 is 11.9 Å². The molecule has 0 aliphatic heterocycles. The largest absolute Gasteiger partial charge is 0.460 e. The molecule has 0 saturated carbocycles. The minimum Gasteiger partial charge on any atom is -0.460 e. The Morgan fingerprint density at radius 3 is 2.43 bits per heavy atom. The van der Waals surface area contributed by atoms with Gasteiger partial charge in [-0.15, -0.1) is 0 Å². The number of carbonyl (C=O) groups excluding carboxylic acids is 2. The van der Waals surface area contributed by atoms with Crippen molar-refractivity contribution in [3.8, 4) is 5.69 Å². The number of nitrogens with zero attached hydrogens (tertiary/aromatic N) is 1. The zero-order chi connectivity index (χ0) is 20.3.